The van der Waals surface area contributed by atoms with E-state index in [-0.39, 0.29) is 17.5 Å². The largest absolute Gasteiger partial charge is 0.493 e. The van der Waals surface area contributed by atoms with Gasteiger partial charge in [-0.05, 0) is 63.6 Å². The number of benzene rings is 2. The number of fused-ring (bicyclic) bond motifs is 7. The number of ether oxygens (including phenoxy) is 2. The van der Waals surface area contributed by atoms with Crippen LogP contribution < -0.4 is 15.1 Å². The van der Waals surface area contributed by atoms with E-state index in [2.05, 4.69) is 13.8 Å². The molecular formula is C26H23ClN2O4. The highest BCUT2D eigenvalue weighted by Crippen LogP contribution is 2.55. The fourth-order valence-corrected chi connectivity index (χ4v) is 5.50. The molecule has 2 aromatic heterocycles. The summed E-state index contributed by atoms with van der Waals surface area (Å²) >= 11 is 6.27. The molecule has 0 radical (unpaired) electrons. The number of aromatic nitrogens is 2. The van der Waals surface area contributed by atoms with Crippen LogP contribution in [-0.4, -0.2) is 22.0 Å². The van der Waals surface area contributed by atoms with Gasteiger partial charge in [-0.1, -0.05) is 17.7 Å². The maximum absolute atomic E-state index is 12.3. The molecule has 33 heavy (non-hydrogen) atoms. The molecule has 6 rings (SSSR count). The zero-order valence-electron chi connectivity index (χ0n) is 18.8. The summed E-state index contributed by atoms with van der Waals surface area (Å²) in [6.45, 7) is 8.54. The van der Waals surface area contributed by atoms with E-state index in [1.165, 1.54) is 6.07 Å². The molecule has 168 valence electrons. The molecule has 0 aliphatic carbocycles. The Hall–Kier alpha value is -3.25. The van der Waals surface area contributed by atoms with E-state index in [1.54, 1.807) is 0 Å². The zero-order chi connectivity index (χ0) is 23.1. The van der Waals surface area contributed by atoms with Crippen LogP contribution in [0.25, 0.3) is 16.7 Å². The van der Waals surface area contributed by atoms with Gasteiger partial charge in [0.05, 0.1) is 18.0 Å². The number of rotatable bonds is 1. The highest BCUT2D eigenvalue weighted by Gasteiger charge is 2.51. The summed E-state index contributed by atoms with van der Waals surface area (Å²) in [6, 6.07) is 13.0. The molecule has 6 nitrogen and oxygen atoms in total. The summed E-state index contributed by atoms with van der Waals surface area (Å²) in [5.41, 5.74) is 4.09. The quantitative estimate of drug-likeness (QED) is 0.346. The summed E-state index contributed by atoms with van der Waals surface area (Å²) in [6.07, 6.45) is 0. The van der Waals surface area contributed by atoms with Gasteiger partial charge in [-0.15, -0.1) is 0 Å². The standard InChI is InChI=1S/C26H23ClN2O4/c1-13-10-20(30)32-24-17(13)8-9-19-23(24)22-18(12-31-19)26(3,4)33-25-21(22)14(2)28-29(25)16-7-5-6-15(27)11-16/h5-11,18,22H,12H2,1-4H3/t18-,22+/m1/s1. The molecule has 0 bridgehead atoms. The Morgan fingerprint density at radius 2 is 1.94 bits per heavy atom. The molecule has 0 N–H and O–H groups in total. The van der Waals surface area contributed by atoms with Crippen LogP contribution in [0.2, 0.25) is 5.02 Å². The van der Waals surface area contributed by atoms with E-state index in [0.29, 0.717) is 23.1 Å². The summed E-state index contributed by atoms with van der Waals surface area (Å²) in [5, 5.41) is 6.38. The zero-order valence-corrected chi connectivity index (χ0v) is 19.6. The lowest BCUT2D eigenvalue weighted by atomic mass is 9.70. The van der Waals surface area contributed by atoms with Crippen LogP contribution in [0.3, 0.4) is 0 Å². The molecule has 2 aliphatic rings. The SMILES string of the molecule is Cc1nn(-c2cccc(Cl)c2)c2c1[C@H]1c3c(ccc4c(C)cc(=O)oc34)OC[C@H]1C(C)(C)O2. The maximum Gasteiger partial charge on any atom is 0.336 e. The van der Waals surface area contributed by atoms with Crippen molar-refractivity contribution in [1.82, 2.24) is 9.78 Å². The average Bonchev–Trinajstić information content (AvgIpc) is 3.08. The fourth-order valence-electron chi connectivity index (χ4n) is 5.31. The van der Waals surface area contributed by atoms with Crippen molar-refractivity contribution in [3.8, 4) is 17.3 Å². The van der Waals surface area contributed by atoms with E-state index < -0.39 is 5.60 Å². The molecule has 0 saturated heterocycles. The number of halogens is 1. The van der Waals surface area contributed by atoms with Crippen LogP contribution in [0, 0.1) is 19.8 Å². The monoisotopic (exact) mass is 462 g/mol. The van der Waals surface area contributed by atoms with Crippen molar-refractivity contribution in [2.75, 3.05) is 6.61 Å². The normalized spacial score (nSPS) is 20.4. The molecule has 0 fully saturated rings. The predicted molar refractivity (Wildman–Crippen MR) is 126 cm³/mol. The molecule has 0 unspecified atom stereocenters. The van der Waals surface area contributed by atoms with Gasteiger partial charge in [-0.3, -0.25) is 0 Å². The van der Waals surface area contributed by atoms with Gasteiger partial charge >= 0.3 is 5.63 Å². The van der Waals surface area contributed by atoms with E-state index in [1.807, 2.05) is 54.9 Å². The highest BCUT2D eigenvalue weighted by atomic mass is 35.5. The molecule has 7 heteroatoms. The van der Waals surface area contributed by atoms with Gasteiger partial charge in [0.25, 0.3) is 0 Å². The first-order chi connectivity index (χ1) is 15.7. The van der Waals surface area contributed by atoms with Gasteiger partial charge in [0.15, 0.2) is 0 Å². The van der Waals surface area contributed by atoms with Crippen LogP contribution in [0.4, 0.5) is 0 Å². The minimum Gasteiger partial charge on any atom is -0.493 e. The lowest BCUT2D eigenvalue weighted by Gasteiger charge is -2.46. The second-order valence-electron chi connectivity index (χ2n) is 9.40. The fraction of sp³-hybridized carbons (Fsp3) is 0.308. The number of hydrogen-bond donors (Lipinski definition) is 0. The maximum atomic E-state index is 12.3. The Balaban J connectivity index is 1.68. The number of nitrogens with zero attached hydrogens (tertiary/aromatic N) is 2. The first-order valence-electron chi connectivity index (χ1n) is 11.0. The smallest absolute Gasteiger partial charge is 0.336 e. The molecular weight excluding hydrogens is 440 g/mol. The Labute approximate surface area is 195 Å². The molecule has 2 atom stereocenters. The summed E-state index contributed by atoms with van der Waals surface area (Å²) in [4.78, 5) is 12.3. The Morgan fingerprint density at radius 3 is 2.73 bits per heavy atom. The van der Waals surface area contributed by atoms with E-state index in [0.717, 1.165) is 39.2 Å². The van der Waals surface area contributed by atoms with Gasteiger partial charge < -0.3 is 13.9 Å². The second-order valence-corrected chi connectivity index (χ2v) is 9.84. The third kappa shape index (κ3) is 2.93. The number of aryl methyl sites for hydroxylation is 2. The summed E-state index contributed by atoms with van der Waals surface area (Å²) in [5.74, 6) is 1.32. The molecule has 4 aromatic rings. The van der Waals surface area contributed by atoms with Crippen LogP contribution >= 0.6 is 11.6 Å². The summed E-state index contributed by atoms with van der Waals surface area (Å²) in [7, 11) is 0. The molecule has 4 heterocycles. The second kappa shape index (κ2) is 6.87. The van der Waals surface area contributed by atoms with E-state index >= 15 is 0 Å². The van der Waals surface area contributed by atoms with Crippen molar-refractivity contribution < 1.29 is 13.9 Å². The van der Waals surface area contributed by atoms with Gasteiger partial charge in [0.1, 0.15) is 16.9 Å². The van der Waals surface area contributed by atoms with Gasteiger partial charge in [0, 0.05) is 39.4 Å². The van der Waals surface area contributed by atoms with Crippen LogP contribution in [-0.2, 0) is 0 Å². The first kappa shape index (κ1) is 20.4. The van der Waals surface area contributed by atoms with Crippen molar-refractivity contribution >= 4 is 22.6 Å². The number of hydrogen-bond acceptors (Lipinski definition) is 5. The van der Waals surface area contributed by atoms with Crippen molar-refractivity contribution in [2.45, 2.75) is 39.2 Å². The van der Waals surface area contributed by atoms with Gasteiger partial charge in [-0.25, -0.2) is 9.48 Å². The average molecular weight is 463 g/mol. The van der Waals surface area contributed by atoms with Crippen molar-refractivity contribution in [1.29, 1.82) is 0 Å². The third-order valence-corrected chi connectivity index (χ3v) is 7.16. The van der Waals surface area contributed by atoms with Crippen molar-refractivity contribution in [3.63, 3.8) is 0 Å². The minimum absolute atomic E-state index is 0.00428. The lowest BCUT2D eigenvalue weighted by molar-refractivity contribution is -0.0184. The van der Waals surface area contributed by atoms with Crippen LogP contribution in [0.5, 0.6) is 11.6 Å². The summed E-state index contributed by atoms with van der Waals surface area (Å²) < 4.78 is 20.4. The van der Waals surface area contributed by atoms with Gasteiger partial charge in [0.2, 0.25) is 5.88 Å². The minimum atomic E-state index is -0.551. The van der Waals surface area contributed by atoms with E-state index in [4.69, 9.17) is 30.6 Å². The molecule has 0 saturated carbocycles. The van der Waals surface area contributed by atoms with Crippen LogP contribution in [0.15, 0.2) is 51.7 Å². The topological polar surface area (TPSA) is 66.5 Å². The molecule has 0 amide bonds. The van der Waals surface area contributed by atoms with Gasteiger partial charge in [-0.2, -0.15) is 5.10 Å². The molecule has 2 aromatic carbocycles. The Morgan fingerprint density at radius 1 is 1.12 bits per heavy atom. The van der Waals surface area contributed by atoms with E-state index in [9.17, 15) is 4.79 Å². The Bertz CT molecular complexity index is 1500. The lowest BCUT2D eigenvalue weighted by Crippen LogP contribution is -2.49. The van der Waals surface area contributed by atoms with Crippen molar-refractivity contribution in [2.24, 2.45) is 5.92 Å². The van der Waals surface area contributed by atoms with Crippen molar-refractivity contribution in [3.05, 3.63) is 80.3 Å². The predicted octanol–water partition coefficient (Wildman–Crippen LogP) is 5.56. The molecule has 2 aliphatic heterocycles. The third-order valence-electron chi connectivity index (χ3n) is 6.93. The molecule has 0 spiro atoms. The Kier molecular flexibility index (Phi) is 4.24. The highest BCUT2D eigenvalue weighted by molar-refractivity contribution is 6.30. The van der Waals surface area contributed by atoms with Crippen LogP contribution in [0.1, 0.15) is 42.1 Å². The first-order valence-corrected chi connectivity index (χ1v) is 11.4.